The maximum Gasteiger partial charge on any atom is 0.408 e. The van der Waals surface area contributed by atoms with E-state index in [0.29, 0.717) is 24.0 Å². The summed E-state index contributed by atoms with van der Waals surface area (Å²) in [5.74, 6) is 1.72. The summed E-state index contributed by atoms with van der Waals surface area (Å²) in [4.78, 5) is 24.6. The quantitative estimate of drug-likeness (QED) is 0.420. The third-order valence-corrected chi connectivity index (χ3v) is 4.88. The Morgan fingerprint density at radius 3 is 2.42 bits per heavy atom. The number of aromatic amines is 1. The van der Waals surface area contributed by atoms with Crippen LogP contribution in [0.2, 0.25) is 0 Å². The number of hydrogen-bond donors (Lipinski definition) is 2. The molecule has 0 fully saturated rings. The van der Waals surface area contributed by atoms with E-state index in [0.717, 1.165) is 22.4 Å². The lowest BCUT2D eigenvalue weighted by Gasteiger charge is -2.23. The number of rotatable bonds is 6. The summed E-state index contributed by atoms with van der Waals surface area (Å²) in [5.41, 5.74) is 3.15. The van der Waals surface area contributed by atoms with E-state index < -0.39 is 11.7 Å². The second kappa shape index (κ2) is 9.28. The predicted molar refractivity (Wildman–Crippen MR) is 124 cm³/mol. The average molecular weight is 446 g/mol. The van der Waals surface area contributed by atoms with Gasteiger partial charge in [0.2, 0.25) is 11.7 Å². The lowest BCUT2D eigenvalue weighted by atomic mass is 10.1. The molecule has 2 heterocycles. The number of carbonyl (C=O) groups excluding carboxylic acids is 1. The number of ether oxygens (including phenoxy) is 1. The molecule has 0 aliphatic heterocycles. The average Bonchev–Trinajstić information content (AvgIpc) is 3.42. The van der Waals surface area contributed by atoms with Crippen LogP contribution in [0.1, 0.15) is 44.1 Å². The van der Waals surface area contributed by atoms with Crippen LogP contribution in [-0.4, -0.2) is 31.8 Å². The minimum atomic E-state index is -0.589. The number of hydrogen-bond acceptors (Lipinski definition) is 6. The van der Waals surface area contributed by atoms with Crippen LogP contribution >= 0.6 is 0 Å². The molecule has 2 N–H and O–H groups in total. The van der Waals surface area contributed by atoms with Crippen molar-refractivity contribution < 1.29 is 14.1 Å². The van der Waals surface area contributed by atoms with Crippen molar-refractivity contribution in [3.8, 4) is 22.6 Å². The molecule has 0 bridgehead atoms. The number of benzene rings is 2. The molecule has 4 rings (SSSR count). The SMILES string of the molecule is Cc1nc(-c2ccc(-c3cnc([C@H](Cc4ccccc4)NC(=O)OC(C)(C)C)[nH]3)cc2)no1. The zero-order valence-corrected chi connectivity index (χ0v) is 19.1. The lowest BCUT2D eigenvalue weighted by Crippen LogP contribution is -2.36. The summed E-state index contributed by atoms with van der Waals surface area (Å²) in [6, 6.07) is 17.4. The van der Waals surface area contributed by atoms with E-state index in [1.165, 1.54) is 0 Å². The number of carbonyl (C=O) groups is 1. The molecular weight excluding hydrogens is 418 g/mol. The predicted octanol–water partition coefficient (Wildman–Crippen LogP) is 5.24. The zero-order chi connectivity index (χ0) is 23.4. The van der Waals surface area contributed by atoms with Crippen LogP contribution in [-0.2, 0) is 11.2 Å². The van der Waals surface area contributed by atoms with Crippen molar-refractivity contribution in [3.05, 3.63) is 78.1 Å². The molecule has 0 aliphatic rings. The number of H-pyrrole nitrogens is 1. The molecule has 0 spiro atoms. The van der Waals surface area contributed by atoms with Gasteiger partial charge in [0, 0.05) is 18.9 Å². The van der Waals surface area contributed by atoms with Gasteiger partial charge in [0.1, 0.15) is 11.4 Å². The van der Waals surface area contributed by atoms with Crippen molar-refractivity contribution in [2.75, 3.05) is 0 Å². The Labute approximate surface area is 192 Å². The standard InChI is InChI=1S/C25H27N5O3/c1-16-27-22(30-33-16)19-12-10-18(11-13-19)21-15-26-23(28-21)20(14-17-8-6-5-7-9-17)29-24(31)32-25(2,3)4/h5-13,15,20H,14H2,1-4H3,(H,26,28)(H,29,31)/t20-/m0/s1. The highest BCUT2D eigenvalue weighted by Crippen LogP contribution is 2.25. The largest absolute Gasteiger partial charge is 0.444 e. The van der Waals surface area contributed by atoms with Gasteiger partial charge in [-0.3, -0.25) is 0 Å². The number of amides is 1. The molecule has 170 valence electrons. The normalized spacial score (nSPS) is 12.4. The third kappa shape index (κ3) is 5.85. The Balaban J connectivity index is 1.55. The van der Waals surface area contributed by atoms with Gasteiger partial charge in [-0.05, 0) is 31.9 Å². The highest BCUT2D eigenvalue weighted by atomic mass is 16.6. The van der Waals surface area contributed by atoms with Crippen LogP contribution in [0.3, 0.4) is 0 Å². The van der Waals surface area contributed by atoms with Crippen molar-refractivity contribution in [1.82, 2.24) is 25.4 Å². The Morgan fingerprint density at radius 2 is 1.79 bits per heavy atom. The summed E-state index contributed by atoms with van der Waals surface area (Å²) in [6.07, 6.45) is 1.85. The number of aromatic nitrogens is 4. The molecule has 0 saturated carbocycles. The van der Waals surface area contributed by atoms with E-state index in [9.17, 15) is 4.79 Å². The molecule has 1 atom stereocenters. The zero-order valence-electron chi connectivity index (χ0n) is 19.1. The van der Waals surface area contributed by atoms with Gasteiger partial charge >= 0.3 is 6.09 Å². The number of imidazole rings is 1. The molecule has 0 aliphatic carbocycles. The van der Waals surface area contributed by atoms with E-state index in [-0.39, 0.29) is 6.04 Å². The van der Waals surface area contributed by atoms with E-state index in [2.05, 4.69) is 25.4 Å². The van der Waals surface area contributed by atoms with E-state index in [4.69, 9.17) is 9.26 Å². The highest BCUT2D eigenvalue weighted by Gasteiger charge is 2.23. The Hall–Kier alpha value is -3.94. The smallest absolute Gasteiger partial charge is 0.408 e. The van der Waals surface area contributed by atoms with Gasteiger partial charge in [-0.15, -0.1) is 0 Å². The summed E-state index contributed by atoms with van der Waals surface area (Å²) >= 11 is 0. The first kappa shape index (κ1) is 22.3. The summed E-state index contributed by atoms with van der Waals surface area (Å²) in [5, 5.41) is 6.90. The number of nitrogens with zero attached hydrogens (tertiary/aromatic N) is 3. The van der Waals surface area contributed by atoms with Crippen molar-refractivity contribution in [2.45, 2.75) is 45.8 Å². The fourth-order valence-electron chi connectivity index (χ4n) is 3.39. The number of alkyl carbamates (subject to hydrolysis) is 1. The number of nitrogens with one attached hydrogen (secondary N) is 2. The number of aryl methyl sites for hydroxylation is 1. The van der Waals surface area contributed by atoms with Gasteiger partial charge in [-0.25, -0.2) is 9.78 Å². The molecule has 0 unspecified atom stereocenters. The lowest BCUT2D eigenvalue weighted by molar-refractivity contribution is 0.0501. The van der Waals surface area contributed by atoms with E-state index in [1.807, 2.05) is 75.4 Å². The van der Waals surface area contributed by atoms with Crippen LogP contribution in [0.15, 0.2) is 65.3 Å². The van der Waals surface area contributed by atoms with Crippen LogP contribution < -0.4 is 5.32 Å². The monoisotopic (exact) mass is 445 g/mol. The minimum absolute atomic E-state index is 0.377. The topological polar surface area (TPSA) is 106 Å². The van der Waals surface area contributed by atoms with Gasteiger partial charge in [0.25, 0.3) is 0 Å². The summed E-state index contributed by atoms with van der Waals surface area (Å²) in [6.45, 7) is 7.27. The molecule has 0 saturated heterocycles. The molecule has 2 aromatic carbocycles. The fourth-order valence-corrected chi connectivity index (χ4v) is 3.39. The molecule has 33 heavy (non-hydrogen) atoms. The van der Waals surface area contributed by atoms with Crippen molar-refractivity contribution in [2.24, 2.45) is 0 Å². The fraction of sp³-hybridized carbons (Fsp3) is 0.280. The Kier molecular flexibility index (Phi) is 6.26. The second-order valence-corrected chi connectivity index (χ2v) is 8.79. The first-order valence-electron chi connectivity index (χ1n) is 10.8. The second-order valence-electron chi connectivity index (χ2n) is 8.79. The van der Waals surface area contributed by atoms with Crippen LogP contribution in [0.5, 0.6) is 0 Å². The molecule has 2 aromatic heterocycles. The molecule has 0 radical (unpaired) electrons. The van der Waals surface area contributed by atoms with Crippen LogP contribution in [0.25, 0.3) is 22.6 Å². The molecule has 1 amide bonds. The Bertz CT molecular complexity index is 1210. The van der Waals surface area contributed by atoms with Gasteiger partial charge in [-0.1, -0.05) is 59.8 Å². The maximum atomic E-state index is 12.5. The molecular formula is C25H27N5O3. The molecule has 8 heteroatoms. The first-order valence-corrected chi connectivity index (χ1v) is 10.8. The molecule has 8 nitrogen and oxygen atoms in total. The van der Waals surface area contributed by atoms with Gasteiger partial charge in [0.15, 0.2) is 0 Å². The maximum absolute atomic E-state index is 12.5. The van der Waals surface area contributed by atoms with Gasteiger partial charge < -0.3 is 19.6 Å². The Morgan fingerprint density at radius 1 is 1.09 bits per heavy atom. The van der Waals surface area contributed by atoms with Crippen LogP contribution in [0.4, 0.5) is 4.79 Å². The van der Waals surface area contributed by atoms with Crippen molar-refractivity contribution in [1.29, 1.82) is 0 Å². The van der Waals surface area contributed by atoms with Gasteiger partial charge in [0.05, 0.1) is 17.9 Å². The van der Waals surface area contributed by atoms with Crippen LogP contribution in [0, 0.1) is 6.92 Å². The highest BCUT2D eigenvalue weighted by molar-refractivity contribution is 5.68. The first-order chi connectivity index (χ1) is 15.8. The third-order valence-electron chi connectivity index (χ3n) is 4.88. The summed E-state index contributed by atoms with van der Waals surface area (Å²) < 4.78 is 10.5. The molecule has 4 aromatic rings. The van der Waals surface area contributed by atoms with Gasteiger partial charge in [-0.2, -0.15) is 4.98 Å². The van der Waals surface area contributed by atoms with Crippen molar-refractivity contribution >= 4 is 6.09 Å². The van der Waals surface area contributed by atoms with E-state index in [1.54, 1.807) is 13.1 Å². The van der Waals surface area contributed by atoms with Crippen molar-refractivity contribution in [3.63, 3.8) is 0 Å². The van der Waals surface area contributed by atoms with E-state index >= 15 is 0 Å². The summed E-state index contributed by atoms with van der Waals surface area (Å²) in [7, 11) is 0. The minimum Gasteiger partial charge on any atom is -0.444 e.